The Balaban J connectivity index is 1.47. The first-order valence-electron chi connectivity index (χ1n) is 15.7. The molecule has 2 aliphatic heterocycles. The number of ether oxygens (including phenoxy) is 2. The number of amides is 4. The number of fused-ring (bicyclic) bond motifs is 4. The number of halogens is 7. The van der Waals surface area contributed by atoms with Gasteiger partial charge in [-0.25, -0.2) is 26.9 Å². The van der Waals surface area contributed by atoms with E-state index < -0.39 is 111 Å². The second-order valence-corrected chi connectivity index (χ2v) is 14.2. The fraction of sp³-hybridized carbons (Fsp3) is 0.294. The predicted octanol–water partition coefficient (Wildman–Crippen LogP) is 3.55. The van der Waals surface area contributed by atoms with E-state index in [-0.39, 0.29) is 45.1 Å². The molecule has 1 saturated carbocycles. The molecule has 0 bridgehead atoms. The minimum atomic E-state index is -2.87. The number of aromatic hydroxyl groups is 1. The number of benzene rings is 3. The zero-order valence-corrected chi connectivity index (χ0v) is 28.7. The molecule has 4 aliphatic rings. The number of allylic oxidation sites excluding steroid dienone is 2. The molecule has 0 aromatic heterocycles. The van der Waals surface area contributed by atoms with Crippen LogP contribution >= 0.6 is 23.2 Å². The van der Waals surface area contributed by atoms with Gasteiger partial charge in [0, 0.05) is 23.6 Å². The quantitative estimate of drug-likeness (QED) is 0.0649. The Morgan fingerprint density at radius 1 is 0.811 bits per heavy atom. The lowest BCUT2D eigenvalue weighted by molar-refractivity contribution is -0.125. The lowest BCUT2D eigenvalue weighted by Crippen LogP contribution is -2.60. The molecule has 3 aromatic rings. The zero-order valence-electron chi connectivity index (χ0n) is 27.2. The Morgan fingerprint density at radius 3 is 1.96 bits per heavy atom. The first-order chi connectivity index (χ1) is 25.0. The van der Waals surface area contributed by atoms with Gasteiger partial charge in [-0.1, -0.05) is 23.8 Å². The lowest BCUT2D eigenvalue weighted by atomic mass is 9.56. The smallest absolute Gasteiger partial charge is 0.488 e. The van der Waals surface area contributed by atoms with E-state index in [0.717, 1.165) is 31.3 Å². The SMILES string of the molecule is COc1cc(O)cc(OC)c1[C@H]1C2=CC[C@@H]3C(=O)N(c4cccc(B(O)O)c4)C(=O)[C@@H]3[C@@H]2C[C@@]2(Cl)C(=O)N(c3c(F)c(F)c(F)c(F)c3F)C(=O)[C@@]12Cl. The highest BCUT2D eigenvalue weighted by molar-refractivity contribution is 6.59. The molecule has 2 heterocycles. The molecular formula is C34H24BCl2F5N2O9. The summed E-state index contributed by atoms with van der Waals surface area (Å²) < 4.78 is 84.8. The van der Waals surface area contributed by atoms with Crippen molar-refractivity contribution in [2.45, 2.75) is 28.5 Å². The molecule has 3 N–H and O–H groups in total. The van der Waals surface area contributed by atoms with Gasteiger partial charge < -0.3 is 24.6 Å². The highest BCUT2D eigenvalue weighted by atomic mass is 35.5. The van der Waals surface area contributed by atoms with Crippen molar-refractivity contribution in [1.82, 2.24) is 0 Å². The fourth-order valence-electron chi connectivity index (χ4n) is 8.17. The van der Waals surface area contributed by atoms with Crippen LogP contribution in [0.15, 0.2) is 48.0 Å². The van der Waals surface area contributed by atoms with Crippen LogP contribution in [0.2, 0.25) is 0 Å². The number of hydrogen-bond acceptors (Lipinski definition) is 9. The second-order valence-electron chi connectivity index (χ2n) is 12.9. The van der Waals surface area contributed by atoms with Gasteiger partial charge in [-0.3, -0.25) is 24.1 Å². The molecule has 0 radical (unpaired) electrons. The number of carbonyl (C=O) groups is 4. The summed E-state index contributed by atoms with van der Waals surface area (Å²) >= 11 is 14.4. The predicted molar refractivity (Wildman–Crippen MR) is 176 cm³/mol. The number of phenolic OH excluding ortho intramolecular Hbond substituents is 1. The molecule has 3 fully saturated rings. The van der Waals surface area contributed by atoms with Crippen molar-refractivity contribution in [2.75, 3.05) is 24.0 Å². The van der Waals surface area contributed by atoms with Crippen molar-refractivity contribution >= 4 is 70.8 Å². The molecule has 11 nitrogen and oxygen atoms in total. The van der Waals surface area contributed by atoms with Gasteiger partial charge in [0.05, 0.1) is 31.7 Å². The average Bonchev–Trinajstić information content (AvgIpc) is 3.47. The van der Waals surface area contributed by atoms with Crippen LogP contribution in [0.5, 0.6) is 17.2 Å². The Labute approximate surface area is 306 Å². The van der Waals surface area contributed by atoms with E-state index in [1.807, 2.05) is 0 Å². The largest absolute Gasteiger partial charge is 0.508 e. The van der Waals surface area contributed by atoms with Crippen molar-refractivity contribution in [1.29, 1.82) is 0 Å². The highest BCUT2D eigenvalue weighted by Crippen LogP contribution is 2.68. The standard InChI is InChI=1S/C34H24BCl2F5N2O9/c1-52-18-9-14(45)10-19(53-2)21(18)22-15-6-7-16-20(30(47)43(29(16)46)13-5-3-4-12(8-13)35(50)51)17(15)11-33(36)31(48)44(32(49)34(22,33)37)28-26(41)24(39)23(38)25(40)27(28)42/h3-6,8-10,16-17,20,22,45,50-51H,7,11H2,1-2H3/t16-,17+,20-,22+,33+,34-/m0/s1. The van der Waals surface area contributed by atoms with Crippen LogP contribution in [0.1, 0.15) is 24.3 Å². The molecule has 2 saturated heterocycles. The van der Waals surface area contributed by atoms with E-state index in [2.05, 4.69) is 0 Å². The zero-order chi connectivity index (χ0) is 38.6. The van der Waals surface area contributed by atoms with Gasteiger partial charge in [-0.15, -0.1) is 23.2 Å². The number of phenols is 1. The number of hydrogen-bond donors (Lipinski definition) is 3. The van der Waals surface area contributed by atoms with E-state index in [1.54, 1.807) is 0 Å². The number of alkyl halides is 2. The second kappa shape index (κ2) is 12.4. The summed E-state index contributed by atoms with van der Waals surface area (Å²) in [6.07, 6.45) is 0.554. The molecule has 7 rings (SSSR count). The number of carbonyl (C=O) groups excluding carboxylic acids is 4. The van der Waals surface area contributed by atoms with Gasteiger partial charge in [0.25, 0.3) is 11.8 Å². The van der Waals surface area contributed by atoms with Crippen LogP contribution in [0.3, 0.4) is 0 Å². The Hall–Kier alpha value is -4.71. The molecule has 0 unspecified atom stereocenters. The van der Waals surface area contributed by atoms with Crippen molar-refractivity contribution < 1.29 is 65.8 Å². The van der Waals surface area contributed by atoms with Crippen LogP contribution in [0.25, 0.3) is 0 Å². The molecule has 0 spiro atoms. The number of imide groups is 2. The average molecular weight is 781 g/mol. The van der Waals surface area contributed by atoms with Gasteiger partial charge in [-0.05, 0) is 36.4 Å². The summed E-state index contributed by atoms with van der Waals surface area (Å²) in [4.78, 5) is 52.1. The molecule has 4 amide bonds. The molecule has 3 aromatic carbocycles. The lowest BCUT2D eigenvalue weighted by Gasteiger charge is -2.51. The summed E-state index contributed by atoms with van der Waals surface area (Å²) in [5.74, 6) is -23.7. The van der Waals surface area contributed by atoms with Crippen LogP contribution < -0.4 is 24.7 Å². The van der Waals surface area contributed by atoms with Gasteiger partial charge in [0.2, 0.25) is 17.6 Å². The molecule has 53 heavy (non-hydrogen) atoms. The molecule has 276 valence electrons. The minimum absolute atomic E-state index is 0.0207. The summed E-state index contributed by atoms with van der Waals surface area (Å²) in [6, 6.07) is 7.46. The molecule has 2 aliphatic carbocycles. The number of methoxy groups -OCH3 is 2. The van der Waals surface area contributed by atoms with Crippen molar-refractivity contribution in [3.63, 3.8) is 0 Å². The maximum atomic E-state index is 15.3. The van der Waals surface area contributed by atoms with Crippen molar-refractivity contribution in [2.24, 2.45) is 17.8 Å². The Morgan fingerprint density at radius 2 is 1.40 bits per heavy atom. The molecule has 6 atom stereocenters. The van der Waals surface area contributed by atoms with Crippen molar-refractivity contribution in [3.05, 3.63) is 82.7 Å². The third-order valence-corrected chi connectivity index (χ3v) is 11.9. The monoisotopic (exact) mass is 780 g/mol. The normalized spacial score (nSPS) is 27.8. The summed E-state index contributed by atoms with van der Waals surface area (Å²) in [7, 11) is 0.373. The van der Waals surface area contributed by atoms with Crippen LogP contribution in [0.4, 0.5) is 33.3 Å². The maximum Gasteiger partial charge on any atom is 0.488 e. The van der Waals surface area contributed by atoms with Gasteiger partial charge in [0.1, 0.15) is 22.9 Å². The van der Waals surface area contributed by atoms with E-state index in [1.165, 1.54) is 30.3 Å². The summed E-state index contributed by atoms with van der Waals surface area (Å²) in [5.41, 5.74) is -2.04. The van der Waals surface area contributed by atoms with Crippen LogP contribution in [-0.4, -0.2) is 69.9 Å². The highest BCUT2D eigenvalue weighted by Gasteiger charge is 2.77. The fourth-order valence-corrected chi connectivity index (χ4v) is 9.09. The number of anilines is 2. The van der Waals surface area contributed by atoms with Crippen LogP contribution in [-0.2, 0) is 19.2 Å². The van der Waals surface area contributed by atoms with Gasteiger partial charge >= 0.3 is 7.12 Å². The van der Waals surface area contributed by atoms with E-state index in [0.29, 0.717) is 0 Å². The summed E-state index contributed by atoms with van der Waals surface area (Å²) in [5, 5.41) is 29.9. The number of nitrogens with zero attached hydrogens (tertiary/aromatic N) is 2. The first-order valence-corrected chi connectivity index (χ1v) is 16.5. The van der Waals surface area contributed by atoms with E-state index in [4.69, 9.17) is 32.7 Å². The molecule has 19 heteroatoms. The third kappa shape index (κ3) is 4.79. The minimum Gasteiger partial charge on any atom is -0.508 e. The van der Waals surface area contributed by atoms with E-state index >= 15 is 8.78 Å². The first kappa shape index (κ1) is 36.6. The maximum absolute atomic E-state index is 15.3. The molecular weight excluding hydrogens is 757 g/mol. The van der Waals surface area contributed by atoms with E-state index in [9.17, 15) is 47.5 Å². The Kier molecular flexibility index (Phi) is 8.60. The summed E-state index contributed by atoms with van der Waals surface area (Å²) in [6.45, 7) is 0. The van der Waals surface area contributed by atoms with Gasteiger partial charge in [-0.2, -0.15) is 0 Å². The van der Waals surface area contributed by atoms with Crippen LogP contribution in [0, 0.1) is 46.8 Å². The topological polar surface area (TPSA) is 154 Å². The number of rotatable bonds is 6. The third-order valence-electron chi connectivity index (χ3n) is 10.5. The van der Waals surface area contributed by atoms with Crippen molar-refractivity contribution in [3.8, 4) is 17.2 Å². The Bertz CT molecular complexity index is 2160. The van der Waals surface area contributed by atoms with Gasteiger partial charge in [0.15, 0.2) is 33.0 Å².